The summed E-state index contributed by atoms with van der Waals surface area (Å²) in [6.07, 6.45) is 0.827. The zero-order valence-electron chi connectivity index (χ0n) is 18.9. The summed E-state index contributed by atoms with van der Waals surface area (Å²) in [6, 6.07) is 2.61. The SMILES string of the molecule is C#C[C@@H](Nc1ncnc(CC(=O)NC2(C(F)F)CC2)c1C1OC=CO1)c1cccc(C(F)(F)F)c1C. The molecular weight excluding hydrogens is 487 g/mol. The molecule has 1 fully saturated rings. The summed E-state index contributed by atoms with van der Waals surface area (Å²) >= 11 is 0. The van der Waals surface area contributed by atoms with Crippen molar-refractivity contribution < 1.29 is 36.2 Å². The smallest absolute Gasteiger partial charge is 0.416 e. The van der Waals surface area contributed by atoms with E-state index >= 15 is 0 Å². The average Bonchev–Trinajstić information content (AvgIpc) is 3.39. The van der Waals surface area contributed by atoms with Crippen molar-refractivity contribution >= 4 is 11.7 Å². The lowest BCUT2D eigenvalue weighted by atomic mass is 9.96. The van der Waals surface area contributed by atoms with Gasteiger partial charge in [-0.3, -0.25) is 4.79 Å². The number of halogens is 5. The Morgan fingerprint density at radius 2 is 1.94 bits per heavy atom. The van der Waals surface area contributed by atoms with Crippen LogP contribution in [0.2, 0.25) is 0 Å². The number of ether oxygens (including phenoxy) is 2. The van der Waals surface area contributed by atoms with Gasteiger partial charge in [0.2, 0.25) is 5.91 Å². The predicted molar refractivity (Wildman–Crippen MR) is 117 cm³/mol. The Balaban J connectivity index is 1.65. The molecule has 190 valence electrons. The van der Waals surface area contributed by atoms with E-state index in [9.17, 15) is 26.7 Å². The number of nitrogens with one attached hydrogen (secondary N) is 2. The predicted octanol–water partition coefficient (Wildman–Crippen LogP) is 4.56. The molecule has 7 nitrogen and oxygen atoms in total. The number of amides is 1. The standard InChI is InChI=1S/C24H21F5N4O3/c1-3-16(14-5-4-6-15(13(14)2)24(27,28)29)32-20-19(21-35-9-10-36-21)17(30-12-31-20)11-18(34)33-23(7-8-23)22(25)26/h1,4-6,9-10,12,16,21-22H,7-8,11H2,2H3,(H,33,34)(H,30,31,32)/t16-/m1/s1. The number of hydrogen-bond acceptors (Lipinski definition) is 6. The van der Waals surface area contributed by atoms with Crippen molar-refractivity contribution in [2.75, 3.05) is 5.32 Å². The maximum atomic E-state index is 13.4. The van der Waals surface area contributed by atoms with Crippen LogP contribution in [0.25, 0.3) is 0 Å². The van der Waals surface area contributed by atoms with Gasteiger partial charge in [-0.05, 0) is 37.0 Å². The molecule has 0 unspecified atom stereocenters. The van der Waals surface area contributed by atoms with Crippen LogP contribution in [0.15, 0.2) is 37.1 Å². The molecule has 2 aliphatic rings. The number of nitrogens with zero attached hydrogens (tertiary/aromatic N) is 2. The summed E-state index contributed by atoms with van der Waals surface area (Å²) < 4.78 is 77.5. The lowest BCUT2D eigenvalue weighted by molar-refractivity contribution is -0.138. The molecule has 36 heavy (non-hydrogen) atoms. The number of carbonyl (C=O) groups is 1. The Hall–Kier alpha value is -3.88. The van der Waals surface area contributed by atoms with Gasteiger partial charge in [0.25, 0.3) is 12.7 Å². The van der Waals surface area contributed by atoms with Gasteiger partial charge in [-0.1, -0.05) is 18.1 Å². The maximum absolute atomic E-state index is 13.4. The first-order valence-corrected chi connectivity index (χ1v) is 10.8. The number of hydrogen-bond donors (Lipinski definition) is 2. The highest BCUT2D eigenvalue weighted by Gasteiger charge is 2.52. The van der Waals surface area contributed by atoms with E-state index in [0.717, 1.165) is 12.4 Å². The van der Waals surface area contributed by atoms with Crippen molar-refractivity contribution in [2.45, 2.75) is 56.7 Å². The minimum Gasteiger partial charge on any atom is -0.455 e. The molecule has 0 radical (unpaired) electrons. The molecule has 2 N–H and O–H groups in total. The van der Waals surface area contributed by atoms with Crippen LogP contribution in [-0.4, -0.2) is 27.8 Å². The van der Waals surface area contributed by atoms with E-state index in [1.54, 1.807) is 0 Å². The van der Waals surface area contributed by atoms with E-state index in [0.29, 0.717) is 0 Å². The van der Waals surface area contributed by atoms with Gasteiger partial charge in [0.05, 0.1) is 23.2 Å². The molecule has 1 aliphatic carbocycles. The van der Waals surface area contributed by atoms with E-state index in [1.807, 2.05) is 0 Å². The number of anilines is 1. The third-order valence-corrected chi connectivity index (χ3v) is 6.02. The van der Waals surface area contributed by atoms with Gasteiger partial charge in [0.15, 0.2) is 0 Å². The maximum Gasteiger partial charge on any atom is 0.416 e. The summed E-state index contributed by atoms with van der Waals surface area (Å²) in [7, 11) is 0. The normalized spacial score (nSPS) is 17.2. The highest BCUT2D eigenvalue weighted by molar-refractivity contribution is 5.80. The van der Waals surface area contributed by atoms with Crippen molar-refractivity contribution in [3.8, 4) is 12.3 Å². The van der Waals surface area contributed by atoms with E-state index < -0.39 is 48.4 Å². The van der Waals surface area contributed by atoms with E-state index in [2.05, 4.69) is 26.5 Å². The molecule has 1 amide bonds. The highest BCUT2D eigenvalue weighted by Crippen LogP contribution is 2.41. The van der Waals surface area contributed by atoms with Crippen LogP contribution in [0.5, 0.6) is 0 Å². The average molecular weight is 508 g/mol. The fourth-order valence-electron chi connectivity index (χ4n) is 3.94. The first kappa shape index (κ1) is 25.2. The molecule has 0 bridgehead atoms. The Morgan fingerprint density at radius 3 is 2.53 bits per heavy atom. The molecule has 1 atom stereocenters. The van der Waals surface area contributed by atoms with Crippen molar-refractivity contribution in [3.05, 3.63) is 65.0 Å². The summed E-state index contributed by atoms with van der Waals surface area (Å²) in [4.78, 5) is 20.8. The molecule has 0 saturated heterocycles. The van der Waals surface area contributed by atoms with E-state index in [-0.39, 0.29) is 41.0 Å². The second-order valence-corrected chi connectivity index (χ2v) is 8.40. The molecule has 2 aromatic rings. The van der Waals surface area contributed by atoms with Crippen LogP contribution in [0.3, 0.4) is 0 Å². The molecule has 1 saturated carbocycles. The summed E-state index contributed by atoms with van der Waals surface area (Å²) in [5, 5.41) is 5.26. The highest BCUT2D eigenvalue weighted by atomic mass is 19.4. The van der Waals surface area contributed by atoms with Crippen molar-refractivity contribution in [3.63, 3.8) is 0 Å². The molecule has 2 heterocycles. The minimum absolute atomic E-state index is 0.0521. The van der Waals surface area contributed by atoms with E-state index in [4.69, 9.17) is 15.9 Å². The van der Waals surface area contributed by atoms with Crippen molar-refractivity contribution in [2.24, 2.45) is 0 Å². The lowest BCUT2D eigenvalue weighted by Crippen LogP contribution is -2.43. The lowest BCUT2D eigenvalue weighted by Gasteiger charge is -2.23. The van der Waals surface area contributed by atoms with Crippen LogP contribution in [-0.2, 0) is 26.9 Å². The number of alkyl halides is 5. The molecule has 1 aromatic heterocycles. The minimum atomic E-state index is -4.58. The van der Waals surface area contributed by atoms with Gasteiger partial charge < -0.3 is 20.1 Å². The fraction of sp³-hybridized carbons (Fsp3) is 0.375. The summed E-state index contributed by atoms with van der Waals surface area (Å²) in [5.41, 5.74) is -1.97. The van der Waals surface area contributed by atoms with Gasteiger partial charge in [-0.25, -0.2) is 18.7 Å². The topological polar surface area (TPSA) is 85.4 Å². The Kier molecular flexibility index (Phi) is 6.75. The molecule has 12 heteroatoms. The third-order valence-electron chi connectivity index (χ3n) is 6.02. The monoisotopic (exact) mass is 508 g/mol. The van der Waals surface area contributed by atoms with Crippen LogP contribution in [0.4, 0.5) is 27.8 Å². The first-order valence-electron chi connectivity index (χ1n) is 10.8. The number of benzene rings is 1. The number of carbonyl (C=O) groups excluding carboxylic acids is 1. The second-order valence-electron chi connectivity index (χ2n) is 8.40. The number of aromatic nitrogens is 2. The van der Waals surface area contributed by atoms with Crippen molar-refractivity contribution in [1.29, 1.82) is 0 Å². The molecule has 1 aromatic carbocycles. The van der Waals surface area contributed by atoms with Gasteiger partial charge in [0, 0.05) is 0 Å². The van der Waals surface area contributed by atoms with Gasteiger partial charge in [-0.15, -0.1) is 6.42 Å². The fourth-order valence-corrected chi connectivity index (χ4v) is 3.94. The Labute approximate surface area is 203 Å². The van der Waals surface area contributed by atoms with Gasteiger partial charge in [-0.2, -0.15) is 13.2 Å². The molecule has 0 spiro atoms. The van der Waals surface area contributed by atoms with Crippen LogP contribution >= 0.6 is 0 Å². The zero-order chi connectivity index (χ0) is 26.1. The van der Waals surface area contributed by atoms with Crippen LogP contribution < -0.4 is 10.6 Å². The van der Waals surface area contributed by atoms with Crippen LogP contribution in [0.1, 0.15) is 53.1 Å². The van der Waals surface area contributed by atoms with Crippen LogP contribution in [0, 0.1) is 19.3 Å². The van der Waals surface area contributed by atoms with Crippen molar-refractivity contribution in [1.82, 2.24) is 15.3 Å². The Bertz CT molecular complexity index is 1210. The summed E-state index contributed by atoms with van der Waals surface area (Å²) in [6.45, 7) is 1.31. The quantitative estimate of drug-likeness (QED) is 0.402. The summed E-state index contributed by atoms with van der Waals surface area (Å²) in [5.74, 6) is 1.78. The van der Waals surface area contributed by atoms with Gasteiger partial charge >= 0.3 is 6.18 Å². The third kappa shape index (κ3) is 5.05. The number of terminal acetylenes is 1. The molecule has 4 rings (SSSR count). The Morgan fingerprint density at radius 1 is 1.25 bits per heavy atom. The molecule has 1 aliphatic heterocycles. The van der Waals surface area contributed by atoms with Gasteiger partial charge in [0.1, 0.15) is 36.3 Å². The largest absolute Gasteiger partial charge is 0.455 e. The first-order chi connectivity index (χ1) is 17.1. The molecular formula is C24H21F5N4O3. The second kappa shape index (κ2) is 9.64. The number of rotatable bonds is 8. The van der Waals surface area contributed by atoms with E-state index in [1.165, 1.54) is 31.6 Å². The zero-order valence-corrected chi connectivity index (χ0v) is 18.9.